The summed E-state index contributed by atoms with van der Waals surface area (Å²) < 4.78 is 23.2. The van der Waals surface area contributed by atoms with E-state index in [-0.39, 0.29) is 17.8 Å². The van der Waals surface area contributed by atoms with Gasteiger partial charge in [0.2, 0.25) is 5.95 Å². The van der Waals surface area contributed by atoms with E-state index in [1.807, 2.05) is 53.3 Å². The Labute approximate surface area is 218 Å². The molecule has 0 spiro atoms. The Morgan fingerprint density at radius 3 is 2.66 bits per heavy atom. The van der Waals surface area contributed by atoms with Gasteiger partial charge in [0.05, 0.1) is 41.3 Å². The number of esters is 1. The van der Waals surface area contributed by atoms with E-state index in [4.69, 9.17) is 14.8 Å². The van der Waals surface area contributed by atoms with Gasteiger partial charge in [0.25, 0.3) is 0 Å². The van der Waals surface area contributed by atoms with Crippen LogP contribution in [0.3, 0.4) is 0 Å². The highest BCUT2D eigenvalue weighted by atomic mass is 19.1. The number of pyridine rings is 1. The first-order valence-electron chi connectivity index (χ1n) is 12.9. The fraction of sp³-hybridized carbons (Fsp3) is 0.310. The third kappa shape index (κ3) is 3.27. The van der Waals surface area contributed by atoms with E-state index in [9.17, 15) is 4.79 Å². The summed E-state index contributed by atoms with van der Waals surface area (Å²) >= 11 is 0. The van der Waals surface area contributed by atoms with Gasteiger partial charge in [-0.2, -0.15) is 14.6 Å². The number of anilines is 1. The van der Waals surface area contributed by atoms with E-state index in [1.165, 1.54) is 11.8 Å². The van der Waals surface area contributed by atoms with Crippen molar-refractivity contribution in [3.05, 3.63) is 66.2 Å². The summed E-state index contributed by atoms with van der Waals surface area (Å²) in [5.74, 6) is 0.724. The van der Waals surface area contributed by atoms with E-state index < -0.39 is 0 Å². The molecule has 8 nitrogen and oxygen atoms in total. The van der Waals surface area contributed by atoms with E-state index >= 15 is 4.39 Å². The van der Waals surface area contributed by atoms with Crippen LogP contribution < -0.4 is 4.90 Å². The fourth-order valence-electron chi connectivity index (χ4n) is 6.47. The number of methoxy groups -OCH3 is 1. The van der Waals surface area contributed by atoms with Gasteiger partial charge in [-0.1, -0.05) is 30.3 Å². The molecule has 192 valence electrons. The number of hydrogen-bond acceptors (Lipinski definition) is 6. The molecule has 1 aliphatic carbocycles. The van der Waals surface area contributed by atoms with Gasteiger partial charge in [0.15, 0.2) is 0 Å². The van der Waals surface area contributed by atoms with Gasteiger partial charge in [-0.05, 0) is 49.4 Å². The number of halogens is 1. The first-order valence-corrected chi connectivity index (χ1v) is 12.9. The van der Waals surface area contributed by atoms with E-state index in [2.05, 4.69) is 23.0 Å². The van der Waals surface area contributed by atoms with Crippen molar-refractivity contribution in [2.75, 3.05) is 18.6 Å². The second-order valence-corrected chi connectivity index (χ2v) is 10.4. The van der Waals surface area contributed by atoms with Crippen LogP contribution in [-0.4, -0.2) is 50.2 Å². The number of fused-ring (bicyclic) bond motifs is 4. The SMILES string of the molecule is COC(=O)[C@@H]1C[C@@H]2C[C@H]1CN2c1ccc(-n2nc(-c3cccc4nn(C)c(F)c34)c3cccc(C)c32)cn1. The van der Waals surface area contributed by atoms with Crippen molar-refractivity contribution >= 4 is 33.6 Å². The summed E-state index contributed by atoms with van der Waals surface area (Å²) in [5, 5.41) is 10.7. The van der Waals surface area contributed by atoms with E-state index in [0.717, 1.165) is 47.4 Å². The molecule has 2 bridgehead atoms. The molecule has 38 heavy (non-hydrogen) atoms. The Bertz CT molecular complexity index is 1720. The molecular formula is C29H27FN6O2. The van der Waals surface area contributed by atoms with Crippen LogP contribution in [0.1, 0.15) is 18.4 Å². The maximum Gasteiger partial charge on any atom is 0.309 e. The second-order valence-electron chi connectivity index (χ2n) is 10.4. The molecule has 2 aliphatic rings. The van der Waals surface area contributed by atoms with Crippen LogP contribution in [0.15, 0.2) is 54.7 Å². The minimum Gasteiger partial charge on any atom is -0.469 e. The highest BCUT2D eigenvalue weighted by Gasteiger charge is 2.48. The third-order valence-electron chi connectivity index (χ3n) is 8.27. The van der Waals surface area contributed by atoms with Crippen molar-refractivity contribution < 1.29 is 13.9 Å². The molecule has 3 atom stereocenters. The molecule has 0 amide bonds. The summed E-state index contributed by atoms with van der Waals surface area (Å²) in [4.78, 5) is 19.2. The molecule has 1 saturated carbocycles. The van der Waals surface area contributed by atoms with Gasteiger partial charge in [-0.15, -0.1) is 0 Å². The Kier molecular flexibility index (Phi) is 5.04. The predicted octanol–water partition coefficient (Wildman–Crippen LogP) is 4.81. The molecule has 0 radical (unpaired) electrons. The number of ether oxygens (including phenoxy) is 1. The molecule has 0 unspecified atom stereocenters. The summed E-state index contributed by atoms with van der Waals surface area (Å²) in [7, 11) is 3.07. The largest absolute Gasteiger partial charge is 0.469 e. The smallest absolute Gasteiger partial charge is 0.309 e. The normalized spacial score (nSPS) is 20.6. The number of carbonyl (C=O) groups is 1. The lowest BCUT2D eigenvalue weighted by molar-refractivity contribution is -0.146. The summed E-state index contributed by atoms with van der Waals surface area (Å²) in [5.41, 5.74) is 4.86. The van der Waals surface area contributed by atoms with Crippen molar-refractivity contribution in [3.8, 4) is 16.9 Å². The molecule has 0 N–H and O–H groups in total. The average molecular weight is 511 g/mol. The Balaban J connectivity index is 1.28. The van der Waals surface area contributed by atoms with Gasteiger partial charge in [0, 0.05) is 30.6 Å². The van der Waals surface area contributed by atoms with Gasteiger partial charge >= 0.3 is 5.97 Å². The second kappa shape index (κ2) is 8.37. The molecule has 5 aromatic rings. The molecule has 1 aliphatic heterocycles. The van der Waals surface area contributed by atoms with E-state index in [1.54, 1.807) is 7.05 Å². The number of para-hydroxylation sites is 1. The number of piperidine rings is 1. The fourth-order valence-corrected chi connectivity index (χ4v) is 6.47. The molecule has 4 heterocycles. The Morgan fingerprint density at radius 2 is 1.92 bits per heavy atom. The third-order valence-corrected chi connectivity index (χ3v) is 8.27. The molecular weight excluding hydrogens is 483 g/mol. The van der Waals surface area contributed by atoms with E-state index in [0.29, 0.717) is 34.1 Å². The molecule has 1 saturated heterocycles. The van der Waals surface area contributed by atoms with Crippen LogP contribution in [0.25, 0.3) is 38.8 Å². The minimum atomic E-state index is -0.383. The quantitative estimate of drug-likeness (QED) is 0.323. The highest BCUT2D eigenvalue weighted by molar-refractivity contribution is 6.03. The number of nitrogens with zero attached hydrogens (tertiary/aromatic N) is 6. The topological polar surface area (TPSA) is 78.1 Å². The maximum atomic E-state index is 15.1. The Morgan fingerprint density at radius 1 is 1.08 bits per heavy atom. The van der Waals surface area contributed by atoms with Crippen molar-refractivity contribution in [2.45, 2.75) is 25.8 Å². The van der Waals surface area contributed by atoms with Gasteiger partial charge in [0.1, 0.15) is 11.5 Å². The number of hydrogen-bond donors (Lipinski definition) is 0. The maximum absolute atomic E-state index is 15.1. The van der Waals surface area contributed by atoms with Crippen LogP contribution in [0.4, 0.5) is 10.2 Å². The van der Waals surface area contributed by atoms with Gasteiger partial charge < -0.3 is 9.64 Å². The lowest BCUT2D eigenvalue weighted by Gasteiger charge is -2.31. The summed E-state index contributed by atoms with van der Waals surface area (Å²) in [6, 6.07) is 16.0. The zero-order chi connectivity index (χ0) is 26.1. The summed E-state index contributed by atoms with van der Waals surface area (Å²) in [6.07, 6.45) is 3.64. The zero-order valence-electron chi connectivity index (χ0n) is 21.4. The average Bonchev–Trinajstić information content (AvgIpc) is 3.70. The van der Waals surface area contributed by atoms with Crippen molar-refractivity contribution in [1.29, 1.82) is 0 Å². The van der Waals surface area contributed by atoms with Crippen LogP contribution in [0.2, 0.25) is 0 Å². The summed E-state index contributed by atoms with van der Waals surface area (Å²) in [6.45, 7) is 2.86. The van der Waals surface area contributed by atoms with Crippen molar-refractivity contribution in [2.24, 2.45) is 18.9 Å². The van der Waals surface area contributed by atoms with Crippen LogP contribution in [0, 0.1) is 24.7 Å². The van der Waals surface area contributed by atoms with Crippen LogP contribution >= 0.6 is 0 Å². The van der Waals surface area contributed by atoms with Gasteiger partial charge in [-0.3, -0.25) is 4.79 Å². The standard InChI is InChI=1S/C29H27FN6O2/c1-16-6-4-8-21-26(20-7-5-9-23-25(20)28(30)34(2)32-23)33-36(27(16)21)18-10-11-24(31-14-18)35-15-17-12-19(35)13-22(17)29(37)38-3/h4-11,14,17,19,22H,12-13,15H2,1-3H3/t17-,19-,22+/m0/s1. The number of rotatable bonds is 4. The number of aryl methyl sites for hydroxylation is 2. The van der Waals surface area contributed by atoms with Crippen molar-refractivity contribution in [1.82, 2.24) is 24.5 Å². The highest BCUT2D eigenvalue weighted by Crippen LogP contribution is 2.44. The molecule has 9 heteroatoms. The first-order chi connectivity index (χ1) is 18.4. The van der Waals surface area contributed by atoms with Crippen LogP contribution in [0.5, 0.6) is 0 Å². The number of benzene rings is 2. The molecule has 3 aromatic heterocycles. The van der Waals surface area contributed by atoms with Crippen molar-refractivity contribution in [3.63, 3.8) is 0 Å². The van der Waals surface area contributed by atoms with Gasteiger partial charge in [-0.25, -0.2) is 14.3 Å². The zero-order valence-corrected chi connectivity index (χ0v) is 21.4. The minimum absolute atomic E-state index is 0.00791. The number of aromatic nitrogens is 5. The molecule has 7 rings (SSSR count). The molecule has 2 aromatic carbocycles. The lowest BCUT2D eigenvalue weighted by Crippen LogP contribution is -2.38. The lowest BCUT2D eigenvalue weighted by atomic mass is 9.95. The predicted molar refractivity (Wildman–Crippen MR) is 143 cm³/mol. The first kappa shape index (κ1) is 22.9. The van der Waals surface area contributed by atoms with Crippen LogP contribution in [-0.2, 0) is 16.6 Å². The number of carbonyl (C=O) groups excluding carboxylic acids is 1. The Hall–Kier alpha value is -4.27. The monoisotopic (exact) mass is 510 g/mol. The molecule has 2 fully saturated rings.